The van der Waals surface area contributed by atoms with Crippen molar-refractivity contribution in [3.63, 3.8) is 0 Å². The highest BCUT2D eigenvalue weighted by Crippen LogP contribution is 2.28. The van der Waals surface area contributed by atoms with Crippen molar-refractivity contribution in [2.24, 2.45) is 7.05 Å². The van der Waals surface area contributed by atoms with Crippen molar-refractivity contribution < 1.29 is 9.53 Å². The van der Waals surface area contributed by atoms with E-state index >= 15 is 0 Å². The van der Waals surface area contributed by atoms with Crippen molar-refractivity contribution in [1.82, 2.24) is 15.1 Å². The van der Waals surface area contributed by atoms with Crippen LogP contribution in [0.1, 0.15) is 40.8 Å². The van der Waals surface area contributed by atoms with Crippen LogP contribution in [0.4, 0.5) is 0 Å². The number of carbonyl (C=O) groups is 1. The van der Waals surface area contributed by atoms with E-state index in [1.165, 1.54) is 11.3 Å². The Morgan fingerprint density at radius 3 is 2.71 bits per heavy atom. The van der Waals surface area contributed by atoms with Gasteiger partial charge in [-0.25, -0.2) is 0 Å². The number of ether oxygens (including phenoxy) is 1. The lowest BCUT2D eigenvalue weighted by atomic mass is 10.1. The second kappa shape index (κ2) is 6.65. The maximum Gasteiger partial charge on any atom is 0.261 e. The van der Waals surface area contributed by atoms with Gasteiger partial charge in [0.05, 0.1) is 23.2 Å². The number of nitrogens with one attached hydrogen (secondary N) is 1. The zero-order valence-electron chi connectivity index (χ0n) is 14.3. The molecule has 0 aliphatic rings. The lowest BCUT2D eigenvalue weighted by molar-refractivity contribution is 0.0944. The molecule has 0 saturated heterocycles. The van der Waals surface area contributed by atoms with Crippen LogP contribution in [0.15, 0.2) is 30.3 Å². The van der Waals surface area contributed by atoms with Crippen LogP contribution in [0.25, 0.3) is 10.2 Å². The molecule has 1 unspecified atom stereocenters. The largest absolute Gasteiger partial charge is 0.494 e. The first kappa shape index (κ1) is 16.5. The van der Waals surface area contributed by atoms with Crippen molar-refractivity contribution in [3.8, 4) is 5.75 Å². The number of aryl methyl sites for hydroxylation is 2. The predicted molar refractivity (Wildman–Crippen MR) is 96.8 cm³/mol. The number of hydrogen-bond donors (Lipinski definition) is 1. The van der Waals surface area contributed by atoms with Crippen LogP contribution < -0.4 is 10.1 Å². The average Bonchev–Trinajstić information content (AvgIpc) is 3.10. The Morgan fingerprint density at radius 1 is 1.38 bits per heavy atom. The fourth-order valence-electron chi connectivity index (χ4n) is 2.69. The summed E-state index contributed by atoms with van der Waals surface area (Å²) in [5.74, 6) is 0.782. The van der Waals surface area contributed by atoms with E-state index < -0.39 is 0 Å². The minimum absolute atomic E-state index is 0.0583. The molecule has 0 radical (unpaired) electrons. The highest BCUT2D eigenvalue weighted by Gasteiger charge is 2.17. The van der Waals surface area contributed by atoms with E-state index in [9.17, 15) is 4.79 Å². The van der Waals surface area contributed by atoms with E-state index in [-0.39, 0.29) is 11.9 Å². The van der Waals surface area contributed by atoms with Crippen LogP contribution >= 0.6 is 11.3 Å². The van der Waals surface area contributed by atoms with E-state index in [0.29, 0.717) is 11.5 Å². The molecule has 6 heteroatoms. The highest BCUT2D eigenvalue weighted by atomic mass is 32.1. The van der Waals surface area contributed by atoms with Crippen molar-refractivity contribution >= 4 is 27.5 Å². The SMILES string of the molecule is CCOc1ccc(C(C)NC(=O)c2cc3c(C)nn(C)c3s2)cc1. The third-order valence-corrected chi connectivity index (χ3v) is 5.16. The summed E-state index contributed by atoms with van der Waals surface area (Å²) < 4.78 is 7.27. The summed E-state index contributed by atoms with van der Waals surface area (Å²) in [6, 6.07) is 9.66. The number of benzene rings is 1. The third kappa shape index (κ3) is 3.14. The van der Waals surface area contributed by atoms with Gasteiger partial charge in [-0.05, 0) is 44.5 Å². The summed E-state index contributed by atoms with van der Waals surface area (Å²) in [7, 11) is 1.90. The molecular weight excluding hydrogens is 322 g/mol. The first-order chi connectivity index (χ1) is 11.5. The standard InChI is InChI=1S/C18H21N3O2S/c1-5-23-14-8-6-13(7-9-14)11(2)19-17(22)16-10-15-12(3)20-21(4)18(15)24-16/h6-11H,5H2,1-4H3,(H,19,22). The predicted octanol–water partition coefficient (Wildman–Crippen LogP) is 3.83. The van der Waals surface area contributed by atoms with Gasteiger partial charge in [-0.15, -0.1) is 11.3 Å². The van der Waals surface area contributed by atoms with Crippen LogP contribution in [0.3, 0.4) is 0 Å². The molecule has 1 N–H and O–H groups in total. The van der Waals surface area contributed by atoms with E-state index in [0.717, 1.165) is 27.2 Å². The summed E-state index contributed by atoms with van der Waals surface area (Å²) in [6.45, 7) is 6.54. The molecule has 0 aliphatic carbocycles. The van der Waals surface area contributed by atoms with Gasteiger partial charge in [-0.3, -0.25) is 9.48 Å². The van der Waals surface area contributed by atoms with E-state index in [4.69, 9.17) is 4.74 Å². The van der Waals surface area contributed by atoms with Gasteiger partial charge in [0, 0.05) is 12.4 Å². The number of aromatic nitrogens is 2. The molecule has 0 spiro atoms. The zero-order chi connectivity index (χ0) is 17.3. The molecule has 0 saturated carbocycles. The van der Waals surface area contributed by atoms with Gasteiger partial charge in [0.15, 0.2) is 0 Å². The van der Waals surface area contributed by atoms with Crippen molar-refractivity contribution in [2.75, 3.05) is 6.61 Å². The second-order valence-corrected chi connectivity index (χ2v) is 6.77. The van der Waals surface area contributed by atoms with Crippen LogP contribution in [-0.2, 0) is 7.05 Å². The summed E-state index contributed by atoms with van der Waals surface area (Å²) >= 11 is 1.47. The van der Waals surface area contributed by atoms with Gasteiger partial charge in [0.1, 0.15) is 10.6 Å². The Labute approximate surface area is 145 Å². The number of nitrogens with zero attached hydrogens (tertiary/aromatic N) is 2. The minimum atomic E-state index is -0.0717. The first-order valence-corrected chi connectivity index (χ1v) is 8.78. The summed E-state index contributed by atoms with van der Waals surface area (Å²) in [6.07, 6.45) is 0. The molecule has 2 aromatic heterocycles. The number of hydrogen-bond acceptors (Lipinski definition) is 4. The lowest BCUT2D eigenvalue weighted by Crippen LogP contribution is -2.25. The molecule has 0 bridgehead atoms. The number of fused-ring (bicyclic) bond motifs is 1. The average molecular weight is 343 g/mol. The van der Waals surface area contributed by atoms with Crippen LogP contribution in [0.2, 0.25) is 0 Å². The Balaban J connectivity index is 1.73. The van der Waals surface area contributed by atoms with E-state index in [2.05, 4.69) is 10.4 Å². The number of rotatable bonds is 5. The van der Waals surface area contributed by atoms with Gasteiger partial charge in [0.25, 0.3) is 5.91 Å². The normalized spacial score (nSPS) is 12.3. The Morgan fingerprint density at radius 2 is 2.08 bits per heavy atom. The molecule has 5 nitrogen and oxygen atoms in total. The number of thiophene rings is 1. The third-order valence-electron chi connectivity index (χ3n) is 3.96. The van der Waals surface area contributed by atoms with Crippen molar-refractivity contribution in [3.05, 3.63) is 46.5 Å². The van der Waals surface area contributed by atoms with Crippen LogP contribution in [0, 0.1) is 6.92 Å². The Hall–Kier alpha value is -2.34. The van der Waals surface area contributed by atoms with Crippen molar-refractivity contribution in [2.45, 2.75) is 26.8 Å². The zero-order valence-corrected chi connectivity index (χ0v) is 15.1. The number of amides is 1. The second-order valence-electron chi connectivity index (χ2n) is 5.74. The van der Waals surface area contributed by atoms with Crippen LogP contribution in [0.5, 0.6) is 5.75 Å². The highest BCUT2D eigenvalue weighted by molar-refractivity contribution is 7.20. The van der Waals surface area contributed by atoms with Gasteiger partial charge >= 0.3 is 0 Å². The topological polar surface area (TPSA) is 56.1 Å². The van der Waals surface area contributed by atoms with Gasteiger partial charge in [-0.2, -0.15) is 5.10 Å². The molecule has 0 fully saturated rings. The quantitative estimate of drug-likeness (QED) is 0.766. The fourth-order valence-corrected chi connectivity index (χ4v) is 3.71. The molecule has 126 valence electrons. The van der Waals surface area contributed by atoms with Gasteiger partial charge < -0.3 is 10.1 Å². The van der Waals surface area contributed by atoms with Crippen LogP contribution in [-0.4, -0.2) is 22.3 Å². The molecule has 1 atom stereocenters. The smallest absolute Gasteiger partial charge is 0.261 e. The summed E-state index contributed by atoms with van der Waals surface area (Å²) in [5, 5.41) is 8.46. The Bertz CT molecular complexity index is 830. The Kier molecular flexibility index (Phi) is 4.57. The van der Waals surface area contributed by atoms with Crippen molar-refractivity contribution in [1.29, 1.82) is 0 Å². The van der Waals surface area contributed by atoms with Gasteiger partial charge in [0.2, 0.25) is 0 Å². The molecule has 2 heterocycles. The van der Waals surface area contributed by atoms with Gasteiger partial charge in [-0.1, -0.05) is 12.1 Å². The molecule has 3 aromatic rings. The molecule has 3 rings (SSSR count). The maximum absolute atomic E-state index is 12.5. The molecular formula is C18H21N3O2S. The molecule has 1 aromatic carbocycles. The van der Waals surface area contributed by atoms with E-state index in [1.807, 2.05) is 62.8 Å². The number of carbonyl (C=O) groups excluding carboxylic acids is 1. The molecule has 24 heavy (non-hydrogen) atoms. The molecule has 1 amide bonds. The maximum atomic E-state index is 12.5. The summed E-state index contributed by atoms with van der Waals surface area (Å²) in [5.41, 5.74) is 1.99. The fraction of sp³-hybridized carbons (Fsp3) is 0.333. The minimum Gasteiger partial charge on any atom is -0.494 e. The first-order valence-electron chi connectivity index (χ1n) is 7.96. The monoisotopic (exact) mass is 343 g/mol. The van der Waals surface area contributed by atoms with E-state index in [1.54, 1.807) is 0 Å². The molecule has 0 aliphatic heterocycles. The lowest BCUT2D eigenvalue weighted by Gasteiger charge is -2.14. The summed E-state index contributed by atoms with van der Waals surface area (Å²) in [4.78, 5) is 14.3.